The van der Waals surface area contributed by atoms with Crippen molar-refractivity contribution in [3.05, 3.63) is 27.9 Å². The molecule has 0 unspecified atom stereocenters. The first kappa shape index (κ1) is 12.9. The van der Waals surface area contributed by atoms with E-state index in [2.05, 4.69) is 52.1 Å². The minimum atomic E-state index is -0.257. The molecule has 0 amide bonds. The van der Waals surface area contributed by atoms with Crippen molar-refractivity contribution in [3.63, 3.8) is 0 Å². The Bertz CT molecular complexity index is 418. The van der Waals surface area contributed by atoms with Crippen LogP contribution in [0.1, 0.15) is 38.1 Å². The zero-order valence-electron chi connectivity index (χ0n) is 11.1. The van der Waals surface area contributed by atoms with Crippen LogP contribution < -0.4 is 0 Å². The Labute approximate surface area is 108 Å². The molecular formula is C13H19BO2S. The van der Waals surface area contributed by atoms with Crippen LogP contribution in [-0.4, -0.2) is 18.3 Å². The minimum Gasteiger partial charge on any atom is -0.400 e. The van der Waals surface area contributed by atoms with Crippen LogP contribution in [0, 0.1) is 6.92 Å². The SMILES string of the molecule is Cc1ccsc1/C=C/B1OC(C)(C)C(C)(C)O1. The van der Waals surface area contributed by atoms with Crippen molar-refractivity contribution in [2.24, 2.45) is 0 Å². The van der Waals surface area contributed by atoms with Gasteiger partial charge in [0.05, 0.1) is 11.2 Å². The zero-order chi connectivity index (χ0) is 12.7. The van der Waals surface area contributed by atoms with Crippen LogP contribution in [0.15, 0.2) is 17.4 Å². The molecule has 17 heavy (non-hydrogen) atoms. The quantitative estimate of drug-likeness (QED) is 0.745. The van der Waals surface area contributed by atoms with Crippen molar-refractivity contribution in [2.75, 3.05) is 0 Å². The number of aryl methyl sites for hydroxylation is 1. The fourth-order valence-electron chi connectivity index (χ4n) is 1.69. The van der Waals surface area contributed by atoms with Crippen LogP contribution in [0.2, 0.25) is 0 Å². The third kappa shape index (κ3) is 2.49. The van der Waals surface area contributed by atoms with Crippen molar-refractivity contribution in [1.82, 2.24) is 0 Å². The van der Waals surface area contributed by atoms with Gasteiger partial charge in [-0.05, 0) is 51.6 Å². The molecule has 2 rings (SSSR count). The molecular weight excluding hydrogens is 231 g/mol. The minimum absolute atomic E-state index is 0.249. The third-order valence-corrected chi connectivity index (χ3v) is 4.56. The van der Waals surface area contributed by atoms with Crippen molar-refractivity contribution in [1.29, 1.82) is 0 Å². The summed E-state index contributed by atoms with van der Waals surface area (Å²) in [7, 11) is -0.249. The van der Waals surface area contributed by atoms with Gasteiger partial charge in [-0.3, -0.25) is 0 Å². The molecule has 1 fully saturated rings. The molecule has 0 saturated carbocycles. The molecule has 0 aromatic carbocycles. The molecule has 0 bridgehead atoms. The van der Waals surface area contributed by atoms with E-state index in [4.69, 9.17) is 9.31 Å². The summed E-state index contributed by atoms with van der Waals surface area (Å²) >= 11 is 1.73. The highest BCUT2D eigenvalue weighted by Crippen LogP contribution is 2.37. The maximum Gasteiger partial charge on any atom is 0.487 e. The molecule has 2 nitrogen and oxygen atoms in total. The molecule has 0 N–H and O–H groups in total. The summed E-state index contributed by atoms with van der Waals surface area (Å²) in [4.78, 5) is 1.26. The largest absolute Gasteiger partial charge is 0.487 e. The van der Waals surface area contributed by atoms with Crippen LogP contribution in [-0.2, 0) is 9.31 Å². The molecule has 4 heteroatoms. The summed E-state index contributed by atoms with van der Waals surface area (Å²) in [6.07, 6.45) is 2.09. The summed E-state index contributed by atoms with van der Waals surface area (Å²) in [5.41, 5.74) is 0.779. The van der Waals surface area contributed by atoms with Gasteiger partial charge in [-0.15, -0.1) is 11.3 Å². The van der Waals surface area contributed by atoms with Gasteiger partial charge in [-0.25, -0.2) is 0 Å². The number of thiophene rings is 1. The average molecular weight is 250 g/mol. The average Bonchev–Trinajstić information content (AvgIpc) is 2.66. The van der Waals surface area contributed by atoms with Crippen molar-refractivity contribution >= 4 is 24.5 Å². The van der Waals surface area contributed by atoms with Crippen molar-refractivity contribution in [3.8, 4) is 0 Å². The smallest absolute Gasteiger partial charge is 0.400 e. The molecule has 0 atom stereocenters. The van der Waals surface area contributed by atoms with Crippen LogP contribution in [0.5, 0.6) is 0 Å². The summed E-state index contributed by atoms with van der Waals surface area (Å²) in [6.45, 7) is 10.4. The van der Waals surface area contributed by atoms with Gasteiger partial charge in [-0.2, -0.15) is 0 Å². The normalized spacial score (nSPS) is 22.5. The van der Waals surface area contributed by atoms with Gasteiger partial charge in [0, 0.05) is 4.88 Å². The maximum atomic E-state index is 5.90. The fraction of sp³-hybridized carbons (Fsp3) is 0.538. The third-order valence-electron chi connectivity index (χ3n) is 3.58. The van der Waals surface area contributed by atoms with E-state index in [1.54, 1.807) is 11.3 Å². The van der Waals surface area contributed by atoms with E-state index in [0.29, 0.717) is 0 Å². The second kappa shape index (κ2) is 4.27. The summed E-state index contributed by atoms with van der Waals surface area (Å²) in [6, 6.07) is 2.12. The molecule has 1 aliphatic heterocycles. The zero-order valence-corrected chi connectivity index (χ0v) is 11.9. The highest BCUT2D eigenvalue weighted by Gasteiger charge is 2.49. The summed E-state index contributed by atoms with van der Waals surface area (Å²) < 4.78 is 11.8. The number of rotatable bonds is 2. The van der Waals surface area contributed by atoms with Gasteiger partial charge >= 0.3 is 7.12 Å². The van der Waals surface area contributed by atoms with Crippen LogP contribution in [0.4, 0.5) is 0 Å². The Morgan fingerprint density at radius 3 is 2.24 bits per heavy atom. The van der Waals surface area contributed by atoms with Gasteiger partial charge in [0.25, 0.3) is 0 Å². The molecule has 0 aliphatic carbocycles. The lowest BCUT2D eigenvalue weighted by Crippen LogP contribution is -2.41. The highest BCUT2D eigenvalue weighted by molar-refractivity contribution is 7.11. The van der Waals surface area contributed by atoms with Crippen LogP contribution >= 0.6 is 11.3 Å². The molecule has 1 saturated heterocycles. The highest BCUT2D eigenvalue weighted by atomic mass is 32.1. The van der Waals surface area contributed by atoms with Gasteiger partial charge in [0.1, 0.15) is 0 Å². The van der Waals surface area contributed by atoms with Crippen LogP contribution in [0.25, 0.3) is 6.08 Å². The molecule has 0 radical (unpaired) electrons. The first-order chi connectivity index (χ1) is 7.82. The Balaban J connectivity index is 2.08. The molecule has 92 valence electrons. The Kier molecular flexibility index (Phi) is 3.23. The van der Waals surface area contributed by atoms with Gasteiger partial charge in [-0.1, -0.05) is 12.1 Å². The monoisotopic (exact) mass is 250 g/mol. The van der Waals surface area contributed by atoms with Gasteiger partial charge in [0.15, 0.2) is 0 Å². The first-order valence-corrected chi connectivity index (χ1v) is 6.78. The lowest BCUT2D eigenvalue weighted by atomic mass is 9.90. The van der Waals surface area contributed by atoms with Gasteiger partial charge < -0.3 is 9.31 Å². The fourth-order valence-corrected chi connectivity index (χ4v) is 2.52. The second-order valence-electron chi connectivity index (χ2n) is 5.45. The Morgan fingerprint density at radius 1 is 1.18 bits per heavy atom. The molecule has 1 aromatic rings. The second-order valence-corrected chi connectivity index (χ2v) is 6.40. The van der Waals surface area contributed by atoms with Crippen molar-refractivity contribution < 1.29 is 9.31 Å². The van der Waals surface area contributed by atoms with E-state index in [1.165, 1.54) is 10.4 Å². The van der Waals surface area contributed by atoms with Gasteiger partial charge in [0.2, 0.25) is 0 Å². The Hall–Kier alpha value is -0.575. The molecule has 1 aliphatic rings. The topological polar surface area (TPSA) is 18.5 Å². The van der Waals surface area contributed by atoms with E-state index in [0.717, 1.165) is 0 Å². The standard InChI is InChI=1S/C13H19BO2S/c1-10-7-9-17-11(10)6-8-14-15-12(2,3)13(4,5)16-14/h6-9H,1-5H3/b8-6+. The van der Waals surface area contributed by atoms with Crippen LogP contribution in [0.3, 0.4) is 0 Å². The summed E-state index contributed by atoms with van der Waals surface area (Å²) in [5.74, 6) is 2.00. The van der Waals surface area contributed by atoms with E-state index in [-0.39, 0.29) is 18.3 Å². The molecule has 0 spiro atoms. The first-order valence-electron chi connectivity index (χ1n) is 5.90. The predicted octanol–water partition coefficient (Wildman–Crippen LogP) is 3.70. The van der Waals surface area contributed by atoms with Crippen molar-refractivity contribution in [2.45, 2.75) is 45.8 Å². The van der Waals surface area contributed by atoms with E-state index >= 15 is 0 Å². The van der Waals surface area contributed by atoms with E-state index in [1.807, 2.05) is 5.98 Å². The molecule has 2 heterocycles. The lowest BCUT2D eigenvalue weighted by molar-refractivity contribution is 0.00578. The number of hydrogen-bond donors (Lipinski definition) is 0. The van der Waals surface area contributed by atoms with E-state index < -0.39 is 0 Å². The lowest BCUT2D eigenvalue weighted by Gasteiger charge is -2.32. The number of hydrogen-bond acceptors (Lipinski definition) is 3. The predicted molar refractivity (Wildman–Crippen MR) is 74.2 cm³/mol. The van der Waals surface area contributed by atoms with E-state index in [9.17, 15) is 0 Å². The summed E-state index contributed by atoms with van der Waals surface area (Å²) in [5, 5.41) is 2.10. The molecule has 1 aromatic heterocycles. The maximum absolute atomic E-state index is 5.90. The Morgan fingerprint density at radius 2 is 1.76 bits per heavy atom.